The quantitative estimate of drug-likeness (QED) is 0.897. The summed E-state index contributed by atoms with van der Waals surface area (Å²) in [5.41, 5.74) is 7.62. The summed E-state index contributed by atoms with van der Waals surface area (Å²) < 4.78 is 0. The van der Waals surface area contributed by atoms with Crippen molar-refractivity contribution in [3.8, 4) is 0 Å². The van der Waals surface area contributed by atoms with Crippen LogP contribution in [0.1, 0.15) is 56.5 Å². The highest BCUT2D eigenvalue weighted by molar-refractivity contribution is 5.94. The molecule has 1 atom stereocenters. The molecule has 0 saturated heterocycles. The number of hydrogen-bond acceptors (Lipinski definition) is 2. The van der Waals surface area contributed by atoms with E-state index in [0.29, 0.717) is 18.0 Å². The minimum atomic E-state index is -0.264. The van der Waals surface area contributed by atoms with Gasteiger partial charge < -0.3 is 11.1 Å². The van der Waals surface area contributed by atoms with Crippen molar-refractivity contribution in [2.75, 3.05) is 6.54 Å². The Hall–Kier alpha value is -1.06. The van der Waals surface area contributed by atoms with E-state index in [4.69, 9.17) is 5.73 Å². The van der Waals surface area contributed by atoms with Crippen LogP contribution in [0.15, 0.2) is 24.3 Å². The molecule has 2 rings (SSSR count). The Kier molecular flexibility index (Phi) is 5.46. The fourth-order valence-corrected chi connectivity index (χ4v) is 2.49. The van der Waals surface area contributed by atoms with Gasteiger partial charge in [-0.1, -0.05) is 32.9 Å². The number of nitrogens with one attached hydrogen (secondary N) is 1. The fraction of sp³-hybridized carbons (Fsp3) is 0.588. The number of carbonyl (C=O) groups excluding carboxylic acids is 1. The SMILES string of the molecule is CC(C)(C)c1ccc(C(=O)NC(C)(CN)C2CC2)cc1.Cl. The molecule has 4 heteroatoms. The second kappa shape index (κ2) is 6.37. The Bertz CT molecular complexity index is 489. The van der Waals surface area contributed by atoms with E-state index in [0.717, 1.165) is 12.8 Å². The molecule has 0 aliphatic heterocycles. The number of halogens is 1. The van der Waals surface area contributed by atoms with E-state index >= 15 is 0 Å². The zero-order chi connectivity index (χ0) is 15.0. The summed E-state index contributed by atoms with van der Waals surface area (Å²) in [6.45, 7) is 9.04. The van der Waals surface area contributed by atoms with Crippen molar-refractivity contribution in [2.45, 2.75) is 51.5 Å². The highest BCUT2D eigenvalue weighted by Crippen LogP contribution is 2.39. The fourth-order valence-electron chi connectivity index (χ4n) is 2.49. The highest BCUT2D eigenvalue weighted by Gasteiger charge is 2.41. The van der Waals surface area contributed by atoms with Crippen LogP contribution in [0.4, 0.5) is 0 Å². The lowest BCUT2D eigenvalue weighted by atomic mass is 9.86. The third-order valence-corrected chi connectivity index (χ3v) is 4.31. The van der Waals surface area contributed by atoms with Crippen molar-refractivity contribution >= 4 is 18.3 Å². The molecule has 1 saturated carbocycles. The van der Waals surface area contributed by atoms with E-state index in [1.54, 1.807) is 0 Å². The first kappa shape index (κ1) is 18.0. The van der Waals surface area contributed by atoms with Crippen LogP contribution in [0.25, 0.3) is 0 Å². The van der Waals surface area contributed by atoms with E-state index in [1.165, 1.54) is 5.56 Å². The Balaban J connectivity index is 0.00000220. The molecule has 1 aromatic rings. The first-order valence-electron chi connectivity index (χ1n) is 7.39. The summed E-state index contributed by atoms with van der Waals surface area (Å²) in [5, 5.41) is 3.12. The third kappa shape index (κ3) is 4.21. The molecule has 0 spiro atoms. The monoisotopic (exact) mass is 310 g/mol. The van der Waals surface area contributed by atoms with Crippen molar-refractivity contribution < 1.29 is 4.79 Å². The maximum absolute atomic E-state index is 12.3. The summed E-state index contributed by atoms with van der Waals surface area (Å²) >= 11 is 0. The van der Waals surface area contributed by atoms with Gasteiger partial charge in [0.25, 0.3) is 5.91 Å². The van der Waals surface area contributed by atoms with Gasteiger partial charge in [-0.2, -0.15) is 0 Å². The average molecular weight is 311 g/mol. The normalized spacial score (nSPS) is 17.6. The molecular weight excluding hydrogens is 284 g/mol. The second-order valence-corrected chi connectivity index (χ2v) is 7.18. The van der Waals surface area contributed by atoms with Crippen molar-refractivity contribution in [3.05, 3.63) is 35.4 Å². The lowest BCUT2D eigenvalue weighted by Gasteiger charge is -2.29. The van der Waals surface area contributed by atoms with Crippen LogP contribution in [0, 0.1) is 5.92 Å². The van der Waals surface area contributed by atoms with Gasteiger partial charge >= 0.3 is 0 Å². The average Bonchev–Trinajstić information content (AvgIpc) is 3.22. The predicted octanol–water partition coefficient (Wildman–Crippen LogP) is 3.26. The first-order valence-corrected chi connectivity index (χ1v) is 7.39. The molecule has 1 aliphatic rings. The molecule has 118 valence electrons. The van der Waals surface area contributed by atoms with Crippen molar-refractivity contribution in [1.29, 1.82) is 0 Å². The Morgan fingerprint density at radius 3 is 2.10 bits per heavy atom. The summed E-state index contributed by atoms with van der Waals surface area (Å²) in [4.78, 5) is 12.3. The second-order valence-electron chi connectivity index (χ2n) is 7.18. The molecule has 0 heterocycles. The Morgan fingerprint density at radius 2 is 1.71 bits per heavy atom. The Morgan fingerprint density at radius 1 is 1.19 bits per heavy atom. The van der Waals surface area contributed by atoms with Gasteiger partial charge in [-0.3, -0.25) is 4.79 Å². The maximum Gasteiger partial charge on any atom is 0.251 e. The van der Waals surface area contributed by atoms with Crippen LogP contribution in [-0.2, 0) is 5.41 Å². The van der Waals surface area contributed by atoms with E-state index < -0.39 is 0 Å². The summed E-state index contributed by atoms with van der Waals surface area (Å²) in [7, 11) is 0. The van der Waals surface area contributed by atoms with E-state index in [1.807, 2.05) is 31.2 Å². The summed E-state index contributed by atoms with van der Waals surface area (Å²) in [5.74, 6) is 0.510. The summed E-state index contributed by atoms with van der Waals surface area (Å²) in [6, 6.07) is 7.87. The molecule has 1 aliphatic carbocycles. The highest BCUT2D eigenvalue weighted by atomic mass is 35.5. The number of nitrogens with two attached hydrogens (primary N) is 1. The molecule has 1 fully saturated rings. The largest absolute Gasteiger partial charge is 0.345 e. The van der Waals surface area contributed by atoms with Crippen LogP contribution in [-0.4, -0.2) is 18.0 Å². The van der Waals surface area contributed by atoms with Crippen LogP contribution in [0.2, 0.25) is 0 Å². The van der Waals surface area contributed by atoms with Crippen LogP contribution < -0.4 is 11.1 Å². The smallest absolute Gasteiger partial charge is 0.251 e. The van der Waals surface area contributed by atoms with Gasteiger partial charge in [0.1, 0.15) is 0 Å². The van der Waals surface area contributed by atoms with E-state index in [2.05, 4.69) is 26.1 Å². The molecule has 21 heavy (non-hydrogen) atoms. The van der Waals surface area contributed by atoms with Gasteiger partial charge in [0.05, 0.1) is 5.54 Å². The van der Waals surface area contributed by atoms with Crippen LogP contribution in [0.3, 0.4) is 0 Å². The number of amides is 1. The van der Waals surface area contributed by atoms with Gasteiger partial charge in [-0.15, -0.1) is 12.4 Å². The molecule has 0 aromatic heterocycles. The van der Waals surface area contributed by atoms with Gasteiger partial charge in [0.15, 0.2) is 0 Å². The molecule has 0 radical (unpaired) electrons. The van der Waals surface area contributed by atoms with Gasteiger partial charge in [0.2, 0.25) is 0 Å². The van der Waals surface area contributed by atoms with E-state index in [-0.39, 0.29) is 29.3 Å². The molecule has 3 N–H and O–H groups in total. The number of hydrogen-bond donors (Lipinski definition) is 2. The standard InChI is InChI=1S/C17H26N2O.ClH/c1-16(2,3)13-7-5-12(6-8-13)15(20)19-17(4,11-18)14-9-10-14;/h5-8,14H,9-11,18H2,1-4H3,(H,19,20);1H. The zero-order valence-electron chi connectivity index (χ0n) is 13.4. The van der Waals surface area contributed by atoms with Crippen molar-refractivity contribution in [1.82, 2.24) is 5.32 Å². The van der Waals surface area contributed by atoms with Gasteiger partial charge in [-0.05, 0) is 48.8 Å². The number of benzene rings is 1. The molecule has 1 unspecified atom stereocenters. The maximum atomic E-state index is 12.3. The minimum absolute atomic E-state index is 0. The van der Waals surface area contributed by atoms with Gasteiger partial charge in [0, 0.05) is 12.1 Å². The van der Waals surface area contributed by atoms with E-state index in [9.17, 15) is 4.79 Å². The summed E-state index contributed by atoms with van der Waals surface area (Å²) in [6.07, 6.45) is 2.33. The molecule has 3 nitrogen and oxygen atoms in total. The molecule has 1 amide bonds. The minimum Gasteiger partial charge on any atom is -0.345 e. The number of rotatable bonds is 4. The topological polar surface area (TPSA) is 55.1 Å². The molecule has 0 bridgehead atoms. The van der Waals surface area contributed by atoms with Crippen LogP contribution in [0.5, 0.6) is 0 Å². The lowest BCUT2D eigenvalue weighted by Crippen LogP contribution is -2.53. The molecule has 1 aromatic carbocycles. The van der Waals surface area contributed by atoms with Crippen molar-refractivity contribution in [3.63, 3.8) is 0 Å². The predicted molar refractivity (Wildman–Crippen MR) is 90.0 cm³/mol. The Labute approximate surface area is 134 Å². The van der Waals surface area contributed by atoms with Crippen LogP contribution >= 0.6 is 12.4 Å². The molecular formula is C17H27ClN2O. The zero-order valence-corrected chi connectivity index (χ0v) is 14.2. The van der Waals surface area contributed by atoms with Crippen molar-refractivity contribution in [2.24, 2.45) is 11.7 Å². The third-order valence-electron chi connectivity index (χ3n) is 4.31. The first-order chi connectivity index (χ1) is 9.26. The number of carbonyl (C=O) groups is 1. The van der Waals surface area contributed by atoms with Gasteiger partial charge in [-0.25, -0.2) is 0 Å². The lowest BCUT2D eigenvalue weighted by molar-refractivity contribution is 0.0898.